The van der Waals surface area contributed by atoms with Crippen molar-refractivity contribution < 1.29 is 14.6 Å². The highest BCUT2D eigenvalue weighted by atomic mass is 16.5. The van der Waals surface area contributed by atoms with Gasteiger partial charge in [0.1, 0.15) is 5.75 Å². The molecule has 3 nitrogen and oxygen atoms in total. The lowest BCUT2D eigenvalue weighted by Gasteiger charge is -2.42. The summed E-state index contributed by atoms with van der Waals surface area (Å²) in [5, 5.41) is 8.99. The van der Waals surface area contributed by atoms with Crippen molar-refractivity contribution in [2.45, 2.75) is 69.6 Å². The zero-order chi connectivity index (χ0) is 21.7. The van der Waals surface area contributed by atoms with Crippen molar-refractivity contribution in [1.82, 2.24) is 0 Å². The minimum atomic E-state index is -0.937. The van der Waals surface area contributed by atoms with Crippen LogP contribution in [0.5, 0.6) is 5.75 Å². The SMILES string of the molecule is COc1ccc(C=CC(=O)O)cc1C1(c2ccc3c(c2)C(C)(C)CCC3(C)C)CC1. The Kier molecular flexibility index (Phi) is 4.84. The Morgan fingerprint density at radius 1 is 0.900 bits per heavy atom. The van der Waals surface area contributed by atoms with E-state index in [4.69, 9.17) is 9.84 Å². The summed E-state index contributed by atoms with van der Waals surface area (Å²) < 4.78 is 5.72. The first-order valence-electron chi connectivity index (χ1n) is 10.8. The number of aliphatic carboxylic acids is 1. The molecule has 1 saturated carbocycles. The summed E-state index contributed by atoms with van der Waals surface area (Å²) in [6.07, 6.45) is 7.41. The van der Waals surface area contributed by atoms with Crippen molar-refractivity contribution in [3.05, 3.63) is 70.3 Å². The summed E-state index contributed by atoms with van der Waals surface area (Å²) in [5.74, 6) is -0.0645. The number of carbonyl (C=O) groups is 1. The van der Waals surface area contributed by atoms with E-state index in [0.29, 0.717) is 0 Å². The van der Waals surface area contributed by atoms with Crippen LogP contribution in [0.15, 0.2) is 42.5 Å². The van der Waals surface area contributed by atoms with Crippen molar-refractivity contribution in [3.63, 3.8) is 0 Å². The van der Waals surface area contributed by atoms with Crippen LogP contribution < -0.4 is 4.74 Å². The van der Waals surface area contributed by atoms with E-state index in [1.165, 1.54) is 35.6 Å². The van der Waals surface area contributed by atoms with Gasteiger partial charge in [0.2, 0.25) is 0 Å². The monoisotopic (exact) mass is 404 g/mol. The van der Waals surface area contributed by atoms with Crippen molar-refractivity contribution in [1.29, 1.82) is 0 Å². The molecule has 0 spiro atoms. The Balaban J connectivity index is 1.82. The lowest BCUT2D eigenvalue weighted by molar-refractivity contribution is -0.131. The van der Waals surface area contributed by atoms with Crippen LogP contribution in [0.1, 0.15) is 81.2 Å². The predicted molar refractivity (Wildman–Crippen MR) is 121 cm³/mol. The number of ether oxygens (including phenoxy) is 1. The lowest BCUT2D eigenvalue weighted by Crippen LogP contribution is -2.34. The van der Waals surface area contributed by atoms with Gasteiger partial charge in [0, 0.05) is 17.1 Å². The number of hydrogen-bond donors (Lipinski definition) is 1. The van der Waals surface area contributed by atoms with E-state index in [-0.39, 0.29) is 16.2 Å². The summed E-state index contributed by atoms with van der Waals surface area (Å²) in [7, 11) is 1.71. The van der Waals surface area contributed by atoms with E-state index < -0.39 is 5.97 Å². The molecule has 4 rings (SSSR count). The molecule has 0 bridgehead atoms. The molecule has 0 saturated heterocycles. The maximum atomic E-state index is 10.9. The second-order valence-electron chi connectivity index (χ2n) is 10.2. The maximum absolute atomic E-state index is 10.9. The Bertz CT molecular complexity index is 1020. The van der Waals surface area contributed by atoms with Crippen LogP contribution in [0, 0.1) is 0 Å². The molecule has 0 aromatic heterocycles. The molecule has 0 aliphatic heterocycles. The van der Waals surface area contributed by atoms with Crippen molar-refractivity contribution in [2.24, 2.45) is 0 Å². The average Bonchev–Trinajstić information content (AvgIpc) is 3.51. The van der Waals surface area contributed by atoms with Gasteiger partial charge in [-0.05, 0) is 77.0 Å². The second-order valence-corrected chi connectivity index (χ2v) is 10.2. The van der Waals surface area contributed by atoms with E-state index >= 15 is 0 Å². The second kappa shape index (κ2) is 7.01. The van der Waals surface area contributed by atoms with Crippen LogP contribution in [0.3, 0.4) is 0 Å². The Hall–Kier alpha value is -2.55. The third kappa shape index (κ3) is 3.45. The van der Waals surface area contributed by atoms with Gasteiger partial charge in [0.05, 0.1) is 7.11 Å². The highest BCUT2D eigenvalue weighted by Crippen LogP contribution is 2.57. The van der Waals surface area contributed by atoms with Gasteiger partial charge in [0.15, 0.2) is 0 Å². The standard InChI is InChI=1S/C27H32O3/c1-25(2)12-13-26(3,4)21-17-19(8-9-20(21)25)27(14-15-27)22-16-18(7-11-24(28)29)6-10-23(22)30-5/h6-11,16-17H,12-15H2,1-5H3,(H,28,29). The number of fused-ring (bicyclic) bond motifs is 1. The molecular formula is C27H32O3. The van der Waals surface area contributed by atoms with Gasteiger partial charge in [-0.3, -0.25) is 0 Å². The molecule has 2 aliphatic carbocycles. The Morgan fingerprint density at radius 3 is 2.17 bits per heavy atom. The molecule has 2 aromatic carbocycles. The number of rotatable bonds is 5. The number of carboxylic acid groups (broad SMARTS) is 1. The molecule has 2 aromatic rings. The summed E-state index contributed by atoms with van der Waals surface area (Å²) in [6, 6.07) is 13.1. The van der Waals surface area contributed by atoms with Crippen LogP contribution in [-0.2, 0) is 21.0 Å². The maximum Gasteiger partial charge on any atom is 0.328 e. The number of benzene rings is 2. The van der Waals surface area contributed by atoms with Crippen LogP contribution in [0.4, 0.5) is 0 Å². The quantitative estimate of drug-likeness (QED) is 0.602. The minimum Gasteiger partial charge on any atom is -0.496 e. The molecule has 30 heavy (non-hydrogen) atoms. The summed E-state index contributed by atoms with van der Waals surface area (Å²) in [5.41, 5.74) is 6.68. The molecule has 0 amide bonds. The van der Waals surface area contributed by atoms with Crippen LogP contribution in [0.25, 0.3) is 6.08 Å². The van der Waals surface area contributed by atoms with Crippen LogP contribution in [-0.4, -0.2) is 18.2 Å². The minimum absolute atomic E-state index is 0.0505. The predicted octanol–water partition coefficient (Wildman–Crippen LogP) is 6.22. The number of hydrogen-bond acceptors (Lipinski definition) is 2. The van der Waals surface area contributed by atoms with Gasteiger partial charge in [0.25, 0.3) is 0 Å². The molecule has 0 heterocycles. The normalized spacial score (nSPS) is 20.6. The molecule has 1 N–H and O–H groups in total. The Morgan fingerprint density at radius 2 is 1.57 bits per heavy atom. The number of methoxy groups -OCH3 is 1. The van der Waals surface area contributed by atoms with E-state index in [9.17, 15) is 4.79 Å². The van der Waals surface area contributed by atoms with E-state index in [1.807, 2.05) is 12.1 Å². The molecule has 0 radical (unpaired) electrons. The van der Waals surface area contributed by atoms with Gasteiger partial charge in [-0.15, -0.1) is 0 Å². The molecule has 158 valence electrons. The first-order chi connectivity index (χ1) is 14.1. The van der Waals surface area contributed by atoms with Crippen molar-refractivity contribution in [2.75, 3.05) is 7.11 Å². The molecule has 2 aliphatic rings. The fourth-order valence-electron chi connectivity index (χ4n) is 5.10. The van der Waals surface area contributed by atoms with Gasteiger partial charge in [-0.1, -0.05) is 52.0 Å². The van der Waals surface area contributed by atoms with Gasteiger partial charge >= 0.3 is 5.97 Å². The summed E-state index contributed by atoms with van der Waals surface area (Å²) >= 11 is 0. The number of carboxylic acids is 1. The van der Waals surface area contributed by atoms with E-state index in [2.05, 4.69) is 52.0 Å². The molecular weight excluding hydrogens is 372 g/mol. The fraction of sp³-hybridized carbons (Fsp3) is 0.444. The third-order valence-corrected chi connectivity index (χ3v) is 7.31. The first kappa shape index (κ1) is 20.7. The summed E-state index contributed by atoms with van der Waals surface area (Å²) in [4.78, 5) is 10.9. The lowest BCUT2D eigenvalue weighted by atomic mass is 9.62. The van der Waals surface area contributed by atoms with E-state index in [1.54, 1.807) is 13.2 Å². The van der Waals surface area contributed by atoms with Gasteiger partial charge in [-0.2, -0.15) is 0 Å². The van der Waals surface area contributed by atoms with Crippen LogP contribution in [0.2, 0.25) is 0 Å². The van der Waals surface area contributed by atoms with Crippen LogP contribution >= 0.6 is 0 Å². The average molecular weight is 405 g/mol. The zero-order valence-corrected chi connectivity index (χ0v) is 18.7. The molecule has 1 fully saturated rings. The molecule has 0 unspecified atom stereocenters. The highest BCUT2D eigenvalue weighted by molar-refractivity contribution is 5.85. The first-order valence-corrected chi connectivity index (χ1v) is 10.8. The topological polar surface area (TPSA) is 46.5 Å². The largest absolute Gasteiger partial charge is 0.496 e. The molecule has 0 atom stereocenters. The molecule has 3 heteroatoms. The third-order valence-electron chi connectivity index (χ3n) is 7.31. The van der Waals surface area contributed by atoms with Crippen molar-refractivity contribution >= 4 is 12.0 Å². The van der Waals surface area contributed by atoms with Gasteiger partial charge in [-0.25, -0.2) is 4.79 Å². The highest BCUT2D eigenvalue weighted by Gasteiger charge is 2.49. The van der Waals surface area contributed by atoms with E-state index in [0.717, 1.165) is 29.7 Å². The van der Waals surface area contributed by atoms with Crippen molar-refractivity contribution in [3.8, 4) is 5.75 Å². The summed E-state index contributed by atoms with van der Waals surface area (Å²) in [6.45, 7) is 9.44. The fourth-order valence-corrected chi connectivity index (χ4v) is 5.10. The zero-order valence-electron chi connectivity index (χ0n) is 18.7. The Labute approximate surface area is 179 Å². The van der Waals surface area contributed by atoms with Gasteiger partial charge < -0.3 is 9.84 Å². The smallest absolute Gasteiger partial charge is 0.328 e.